The third kappa shape index (κ3) is 2.99. The van der Waals surface area contributed by atoms with Crippen molar-refractivity contribution in [1.29, 1.82) is 0 Å². The van der Waals surface area contributed by atoms with Crippen molar-refractivity contribution < 1.29 is 8.42 Å². The second-order valence-electron chi connectivity index (χ2n) is 9.76. The molecule has 0 fully saturated rings. The Morgan fingerprint density at radius 1 is 0.513 bits per heavy atom. The predicted molar refractivity (Wildman–Crippen MR) is 160 cm³/mol. The van der Waals surface area contributed by atoms with Crippen molar-refractivity contribution >= 4 is 49.6 Å². The number of sulfone groups is 1. The summed E-state index contributed by atoms with van der Waals surface area (Å²) >= 11 is 3.63. The number of para-hydroxylation sites is 2. The number of anilines is 3. The molecule has 0 saturated carbocycles. The highest BCUT2D eigenvalue weighted by atomic mass is 32.2. The minimum absolute atomic E-state index is 0.286. The summed E-state index contributed by atoms with van der Waals surface area (Å²) in [5.74, 6) is 0. The molecule has 0 saturated heterocycles. The van der Waals surface area contributed by atoms with Crippen molar-refractivity contribution in [2.75, 3.05) is 4.90 Å². The van der Waals surface area contributed by atoms with Gasteiger partial charge in [0.25, 0.3) is 0 Å². The average molecular weight is 560 g/mol. The Hall–Kier alpha value is -3.97. The highest BCUT2D eigenvalue weighted by Gasteiger charge is 2.52. The van der Waals surface area contributed by atoms with Crippen molar-refractivity contribution in [2.45, 2.75) is 15.2 Å². The van der Waals surface area contributed by atoms with E-state index in [1.54, 1.807) is 36.4 Å². The van der Waals surface area contributed by atoms with Crippen LogP contribution < -0.4 is 4.90 Å². The van der Waals surface area contributed by atoms with Crippen LogP contribution in [-0.2, 0) is 15.3 Å². The van der Waals surface area contributed by atoms with Crippen LogP contribution in [0.15, 0.2) is 136 Å². The van der Waals surface area contributed by atoms with Crippen molar-refractivity contribution in [2.24, 2.45) is 0 Å². The van der Waals surface area contributed by atoms with Gasteiger partial charge in [-0.1, -0.05) is 54.6 Å². The molecule has 0 unspecified atom stereocenters. The fourth-order valence-corrected chi connectivity index (χ4v) is 9.70. The van der Waals surface area contributed by atoms with E-state index >= 15 is 0 Å². The lowest BCUT2D eigenvalue weighted by Gasteiger charge is -2.44. The molecule has 2 aliphatic rings. The number of fused-ring (bicyclic) bond motifs is 9. The summed E-state index contributed by atoms with van der Waals surface area (Å²) < 4.78 is 26.5. The first-order valence-electron chi connectivity index (χ1n) is 12.7. The third-order valence-corrected chi connectivity index (χ3v) is 11.7. The van der Waals surface area contributed by atoms with Gasteiger partial charge in [-0.15, -0.1) is 22.7 Å². The lowest BCUT2D eigenvalue weighted by atomic mass is 9.65. The molecule has 3 heterocycles. The molecule has 3 nitrogen and oxygen atoms in total. The van der Waals surface area contributed by atoms with Crippen LogP contribution in [0.25, 0.3) is 9.75 Å². The fraction of sp³-hybridized carbons (Fsp3) is 0.0303. The Morgan fingerprint density at radius 2 is 1.00 bits per heavy atom. The maximum atomic E-state index is 13.3. The van der Waals surface area contributed by atoms with Gasteiger partial charge < -0.3 is 4.90 Å². The second kappa shape index (κ2) is 8.26. The summed E-state index contributed by atoms with van der Waals surface area (Å²) in [7, 11) is -3.60. The van der Waals surface area contributed by atoms with Gasteiger partial charge in [0, 0.05) is 15.4 Å². The van der Waals surface area contributed by atoms with Gasteiger partial charge in [-0.25, -0.2) is 8.42 Å². The van der Waals surface area contributed by atoms with E-state index in [2.05, 4.69) is 76.3 Å². The Labute approximate surface area is 235 Å². The van der Waals surface area contributed by atoms with Crippen LogP contribution in [0.4, 0.5) is 17.1 Å². The molecule has 4 aromatic carbocycles. The number of nitrogens with zero attached hydrogens (tertiary/aromatic N) is 1. The van der Waals surface area contributed by atoms with E-state index in [0.717, 1.165) is 17.1 Å². The van der Waals surface area contributed by atoms with Gasteiger partial charge in [-0.05, 0) is 93.7 Å². The molecule has 0 bridgehead atoms. The van der Waals surface area contributed by atoms with E-state index in [1.807, 2.05) is 40.9 Å². The van der Waals surface area contributed by atoms with Crippen LogP contribution in [0.5, 0.6) is 0 Å². The Bertz CT molecular complexity index is 1900. The highest BCUT2D eigenvalue weighted by Crippen LogP contribution is 2.65. The predicted octanol–water partition coefficient (Wildman–Crippen LogP) is 8.79. The first-order valence-corrected chi connectivity index (χ1v) is 15.9. The zero-order chi connectivity index (χ0) is 26.2. The summed E-state index contributed by atoms with van der Waals surface area (Å²) in [6.45, 7) is 0. The number of benzene rings is 4. The zero-order valence-corrected chi connectivity index (χ0v) is 23.1. The molecule has 0 N–H and O–H groups in total. The molecule has 6 aromatic rings. The molecule has 39 heavy (non-hydrogen) atoms. The molecule has 1 aliphatic carbocycles. The van der Waals surface area contributed by atoms with Crippen LogP contribution in [-0.4, -0.2) is 8.42 Å². The Balaban J connectivity index is 1.35. The first-order chi connectivity index (χ1) is 19.1. The lowest BCUT2D eigenvalue weighted by molar-refractivity contribution is 0.596. The van der Waals surface area contributed by atoms with E-state index in [0.29, 0.717) is 4.90 Å². The molecule has 1 spiro atoms. The summed E-state index contributed by atoms with van der Waals surface area (Å²) in [6.07, 6.45) is 0. The number of hydrogen-bond acceptors (Lipinski definition) is 5. The minimum Gasteiger partial charge on any atom is -0.310 e. The molecule has 0 amide bonds. The monoisotopic (exact) mass is 559 g/mol. The molecule has 8 rings (SSSR count). The second-order valence-corrected chi connectivity index (χ2v) is 13.5. The Kier molecular flexibility index (Phi) is 4.87. The summed E-state index contributed by atoms with van der Waals surface area (Å²) in [6, 6.07) is 37.7. The SMILES string of the molecule is O=S(=O)(c1ccccc1)c1ccc(N2c3ccccc3C3(c4ccccc42)c2ccsc2-c2sccc23)cc1. The summed E-state index contributed by atoms with van der Waals surface area (Å²) in [5, 5.41) is 4.41. The van der Waals surface area contributed by atoms with E-state index in [1.165, 1.54) is 32.0 Å². The van der Waals surface area contributed by atoms with E-state index in [4.69, 9.17) is 0 Å². The number of hydrogen-bond donors (Lipinski definition) is 0. The molecule has 0 atom stereocenters. The van der Waals surface area contributed by atoms with Gasteiger partial charge in [0.05, 0.1) is 26.6 Å². The van der Waals surface area contributed by atoms with Gasteiger partial charge in [-0.2, -0.15) is 0 Å². The standard InChI is InChI=1S/C33H21NO2S3/c35-39(36,23-8-2-1-3-9-23)24-16-14-22(15-17-24)34-29-12-6-4-10-25(29)33(26-11-5-7-13-30(26)34)27-18-20-37-31(27)32-28(33)19-21-38-32/h1-21H. The molecule has 188 valence electrons. The molecule has 0 radical (unpaired) electrons. The summed E-state index contributed by atoms with van der Waals surface area (Å²) in [4.78, 5) is 5.56. The van der Waals surface area contributed by atoms with Crippen molar-refractivity contribution in [3.05, 3.63) is 148 Å². The van der Waals surface area contributed by atoms with Crippen molar-refractivity contribution in [1.82, 2.24) is 0 Å². The van der Waals surface area contributed by atoms with Crippen molar-refractivity contribution in [3.8, 4) is 9.75 Å². The van der Waals surface area contributed by atoms with E-state index in [-0.39, 0.29) is 10.3 Å². The molecular formula is C33H21NO2S3. The van der Waals surface area contributed by atoms with Crippen LogP contribution >= 0.6 is 22.7 Å². The van der Waals surface area contributed by atoms with Crippen molar-refractivity contribution in [3.63, 3.8) is 0 Å². The van der Waals surface area contributed by atoms with E-state index in [9.17, 15) is 8.42 Å². The highest BCUT2D eigenvalue weighted by molar-refractivity contribution is 7.91. The smallest absolute Gasteiger partial charge is 0.206 e. The minimum atomic E-state index is -3.60. The average Bonchev–Trinajstić information content (AvgIpc) is 3.71. The molecule has 1 aliphatic heterocycles. The quantitative estimate of drug-likeness (QED) is 0.217. The summed E-state index contributed by atoms with van der Waals surface area (Å²) in [5.41, 5.74) is 7.91. The van der Waals surface area contributed by atoms with Gasteiger partial charge >= 0.3 is 0 Å². The van der Waals surface area contributed by atoms with Crippen LogP contribution in [0, 0.1) is 0 Å². The third-order valence-electron chi connectivity index (χ3n) is 7.90. The Morgan fingerprint density at radius 3 is 1.56 bits per heavy atom. The largest absolute Gasteiger partial charge is 0.310 e. The normalized spacial score (nSPS) is 14.5. The topological polar surface area (TPSA) is 37.4 Å². The lowest BCUT2D eigenvalue weighted by Crippen LogP contribution is -2.35. The first kappa shape index (κ1) is 23.0. The van der Waals surface area contributed by atoms with E-state index < -0.39 is 9.84 Å². The van der Waals surface area contributed by atoms with Gasteiger partial charge in [0.15, 0.2) is 0 Å². The van der Waals surface area contributed by atoms with Crippen LogP contribution in [0.1, 0.15) is 22.3 Å². The molecule has 6 heteroatoms. The maximum absolute atomic E-state index is 13.3. The number of rotatable bonds is 3. The zero-order valence-electron chi connectivity index (χ0n) is 20.6. The van der Waals surface area contributed by atoms with Gasteiger partial charge in [0.1, 0.15) is 0 Å². The van der Waals surface area contributed by atoms with Crippen LogP contribution in [0.2, 0.25) is 0 Å². The molecule has 2 aromatic heterocycles. The number of thiophene rings is 2. The van der Waals surface area contributed by atoms with Gasteiger partial charge in [0.2, 0.25) is 9.84 Å². The van der Waals surface area contributed by atoms with Gasteiger partial charge in [-0.3, -0.25) is 0 Å². The maximum Gasteiger partial charge on any atom is 0.206 e. The fourth-order valence-electron chi connectivity index (χ4n) is 6.32. The molecular weight excluding hydrogens is 539 g/mol. The van der Waals surface area contributed by atoms with Crippen LogP contribution in [0.3, 0.4) is 0 Å².